The Labute approximate surface area is 173 Å². The summed E-state index contributed by atoms with van der Waals surface area (Å²) in [6.45, 7) is 1.51. The number of carbonyl (C=O) groups excluding carboxylic acids is 2. The van der Waals surface area contributed by atoms with Crippen molar-refractivity contribution in [2.24, 2.45) is 0 Å². The van der Waals surface area contributed by atoms with E-state index in [0.717, 1.165) is 12.1 Å². The first-order chi connectivity index (χ1) is 13.6. The lowest BCUT2D eigenvalue weighted by Crippen LogP contribution is -2.46. The molecule has 0 fully saturated rings. The molecule has 3 N–H and O–H groups in total. The van der Waals surface area contributed by atoms with Crippen molar-refractivity contribution in [3.8, 4) is 0 Å². The molecule has 1 atom stereocenters. The Kier molecular flexibility index (Phi) is 5.77. The fourth-order valence-corrected chi connectivity index (χ4v) is 3.36. The van der Waals surface area contributed by atoms with Gasteiger partial charge in [-0.15, -0.1) is 0 Å². The highest BCUT2D eigenvalue weighted by molar-refractivity contribution is 6.42. The number of hydrogen-bond donors (Lipinski definition) is 3. The van der Waals surface area contributed by atoms with Gasteiger partial charge in [-0.05, 0) is 36.8 Å². The molecule has 2 aromatic rings. The summed E-state index contributed by atoms with van der Waals surface area (Å²) in [5.41, 5.74) is -0.239. The number of rotatable bonds is 3. The predicted molar refractivity (Wildman–Crippen MR) is 104 cm³/mol. The fraction of sp³-hybridized carbons (Fsp3) is 0.158. The molecule has 5 nitrogen and oxygen atoms in total. The van der Waals surface area contributed by atoms with E-state index >= 15 is 0 Å². The number of hydrogen-bond acceptors (Lipinski definition) is 2. The van der Waals surface area contributed by atoms with Crippen LogP contribution < -0.4 is 16.0 Å². The molecule has 1 aliphatic heterocycles. The van der Waals surface area contributed by atoms with E-state index in [9.17, 15) is 22.8 Å². The molecule has 0 saturated heterocycles. The summed E-state index contributed by atoms with van der Waals surface area (Å²) in [6, 6.07) is 7.49. The first-order valence-corrected chi connectivity index (χ1v) is 9.04. The van der Waals surface area contributed by atoms with Gasteiger partial charge in [-0.3, -0.25) is 4.79 Å². The van der Waals surface area contributed by atoms with Gasteiger partial charge in [0.2, 0.25) is 0 Å². The Morgan fingerprint density at radius 2 is 1.83 bits per heavy atom. The number of urea groups is 1. The van der Waals surface area contributed by atoms with E-state index in [1.165, 1.54) is 19.1 Å². The molecule has 0 radical (unpaired) electrons. The molecule has 3 amide bonds. The Morgan fingerprint density at radius 3 is 2.52 bits per heavy atom. The molecule has 0 spiro atoms. The standard InChI is InChI=1S/C19H14Cl2F3N3O2/c1-9-14(17(28)26-11-5-2-4-10(8-11)19(22,23)24)16(27-18(29)25-9)12-6-3-7-13(20)15(12)21/h2-8,16H,1H3,(H,26,28)(H2,25,27,29)/t16-/m1/s1. The van der Waals surface area contributed by atoms with Gasteiger partial charge < -0.3 is 16.0 Å². The van der Waals surface area contributed by atoms with Crippen molar-refractivity contribution < 1.29 is 22.8 Å². The molecule has 0 aliphatic carbocycles. The number of benzene rings is 2. The number of nitrogens with one attached hydrogen (secondary N) is 3. The summed E-state index contributed by atoms with van der Waals surface area (Å²) >= 11 is 12.3. The second-order valence-electron chi connectivity index (χ2n) is 6.25. The van der Waals surface area contributed by atoms with Crippen LogP contribution in [-0.2, 0) is 11.0 Å². The van der Waals surface area contributed by atoms with E-state index in [4.69, 9.17) is 23.2 Å². The third-order valence-corrected chi connectivity index (χ3v) is 5.09. The highest BCUT2D eigenvalue weighted by Crippen LogP contribution is 2.36. The van der Waals surface area contributed by atoms with Gasteiger partial charge in [0, 0.05) is 11.4 Å². The van der Waals surface area contributed by atoms with E-state index in [2.05, 4.69) is 16.0 Å². The van der Waals surface area contributed by atoms with Crippen molar-refractivity contribution in [1.82, 2.24) is 10.6 Å². The van der Waals surface area contributed by atoms with Crippen LogP contribution in [0.3, 0.4) is 0 Å². The Balaban J connectivity index is 1.98. The number of alkyl halides is 3. The van der Waals surface area contributed by atoms with Crippen molar-refractivity contribution in [2.75, 3.05) is 5.32 Å². The smallest absolute Gasteiger partial charge is 0.327 e. The SMILES string of the molecule is CC1=C(C(=O)Nc2cccc(C(F)(F)F)c2)[C@@H](c2cccc(Cl)c2Cl)NC(=O)N1. The second kappa shape index (κ2) is 7.96. The number of halogens is 5. The maximum Gasteiger partial charge on any atom is 0.416 e. The number of anilines is 1. The maximum atomic E-state index is 12.9. The minimum Gasteiger partial charge on any atom is -0.327 e. The monoisotopic (exact) mass is 443 g/mol. The third kappa shape index (κ3) is 4.49. The van der Waals surface area contributed by atoms with Crippen LogP contribution in [0.25, 0.3) is 0 Å². The van der Waals surface area contributed by atoms with Gasteiger partial charge in [-0.2, -0.15) is 13.2 Å². The maximum absolute atomic E-state index is 12.9. The third-order valence-electron chi connectivity index (χ3n) is 4.25. The van der Waals surface area contributed by atoms with Crippen LogP contribution in [0.4, 0.5) is 23.7 Å². The van der Waals surface area contributed by atoms with Crippen LogP contribution in [0.5, 0.6) is 0 Å². The van der Waals surface area contributed by atoms with E-state index in [1.807, 2.05) is 0 Å². The van der Waals surface area contributed by atoms with E-state index in [1.54, 1.807) is 18.2 Å². The summed E-state index contributed by atoms with van der Waals surface area (Å²) in [5.74, 6) is -0.699. The van der Waals surface area contributed by atoms with Crippen LogP contribution >= 0.6 is 23.2 Å². The molecule has 0 aromatic heterocycles. The van der Waals surface area contributed by atoms with E-state index in [0.29, 0.717) is 5.56 Å². The Bertz CT molecular complexity index is 1020. The van der Waals surface area contributed by atoms with Crippen molar-refractivity contribution in [2.45, 2.75) is 19.1 Å². The van der Waals surface area contributed by atoms with Gasteiger partial charge in [0.25, 0.3) is 5.91 Å². The van der Waals surface area contributed by atoms with Crippen molar-refractivity contribution in [3.05, 3.63) is 74.9 Å². The molecule has 0 saturated carbocycles. The molecule has 152 valence electrons. The molecule has 10 heteroatoms. The molecular weight excluding hydrogens is 430 g/mol. The average Bonchev–Trinajstić information content (AvgIpc) is 2.62. The summed E-state index contributed by atoms with van der Waals surface area (Å²) < 4.78 is 38.8. The topological polar surface area (TPSA) is 70.2 Å². The summed E-state index contributed by atoms with van der Waals surface area (Å²) in [4.78, 5) is 24.9. The minimum absolute atomic E-state index is 0.0435. The lowest BCUT2D eigenvalue weighted by atomic mass is 9.94. The second-order valence-corrected chi connectivity index (χ2v) is 7.03. The van der Waals surface area contributed by atoms with Crippen LogP contribution in [0.15, 0.2) is 53.7 Å². The molecule has 3 rings (SSSR count). The zero-order valence-corrected chi connectivity index (χ0v) is 16.3. The Morgan fingerprint density at radius 1 is 1.14 bits per heavy atom. The summed E-state index contributed by atoms with van der Waals surface area (Å²) in [7, 11) is 0. The van der Waals surface area contributed by atoms with Gasteiger partial charge in [0.05, 0.1) is 27.2 Å². The van der Waals surface area contributed by atoms with Crippen LogP contribution in [0.2, 0.25) is 10.0 Å². The van der Waals surface area contributed by atoms with Gasteiger partial charge in [-0.25, -0.2) is 4.79 Å². The van der Waals surface area contributed by atoms with Crippen molar-refractivity contribution in [3.63, 3.8) is 0 Å². The average molecular weight is 444 g/mol. The highest BCUT2D eigenvalue weighted by Gasteiger charge is 2.34. The van der Waals surface area contributed by atoms with Crippen molar-refractivity contribution in [1.29, 1.82) is 0 Å². The number of amides is 3. The first kappa shape index (κ1) is 21.0. The van der Waals surface area contributed by atoms with Gasteiger partial charge in [0.1, 0.15) is 0 Å². The van der Waals surface area contributed by atoms with Gasteiger partial charge in [0.15, 0.2) is 0 Å². The quantitative estimate of drug-likeness (QED) is 0.603. The minimum atomic E-state index is -4.55. The van der Waals surface area contributed by atoms with Gasteiger partial charge >= 0.3 is 12.2 Å². The van der Waals surface area contributed by atoms with Crippen LogP contribution in [0, 0.1) is 0 Å². The van der Waals surface area contributed by atoms with E-state index in [-0.39, 0.29) is 27.0 Å². The Hall–Kier alpha value is -2.71. The summed E-state index contributed by atoms with van der Waals surface area (Å²) in [6.07, 6.45) is -4.55. The zero-order chi connectivity index (χ0) is 21.3. The molecule has 0 unspecified atom stereocenters. The lowest BCUT2D eigenvalue weighted by molar-refractivity contribution is -0.137. The lowest BCUT2D eigenvalue weighted by Gasteiger charge is -2.29. The largest absolute Gasteiger partial charge is 0.416 e. The van der Waals surface area contributed by atoms with Crippen molar-refractivity contribution >= 4 is 40.8 Å². The van der Waals surface area contributed by atoms with Crippen LogP contribution in [0.1, 0.15) is 24.1 Å². The first-order valence-electron chi connectivity index (χ1n) is 8.28. The zero-order valence-electron chi connectivity index (χ0n) is 14.8. The van der Waals surface area contributed by atoms with E-state index < -0.39 is 29.7 Å². The van der Waals surface area contributed by atoms with Gasteiger partial charge in [-0.1, -0.05) is 41.4 Å². The van der Waals surface area contributed by atoms with Crippen LogP contribution in [-0.4, -0.2) is 11.9 Å². The molecule has 29 heavy (non-hydrogen) atoms. The molecule has 0 bridgehead atoms. The predicted octanol–water partition coefficient (Wildman–Crippen LogP) is 5.28. The molecule has 2 aromatic carbocycles. The molecule has 1 aliphatic rings. The highest BCUT2D eigenvalue weighted by atomic mass is 35.5. The number of allylic oxidation sites excluding steroid dienone is 1. The normalized spacial score (nSPS) is 16.9. The fourth-order valence-electron chi connectivity index (χ4n) is 2.94. The molecular formula is C19H14Cl2F3N3O2. The molecule has 1 heterocycles. The number of carbonyl (C=O) groups is 2. The summed E-state index contributed by atoms with van der Waals surface area (Å²) in [5, 5.41) is 7.89.